The summed E-state index contributed by atoms with van der Waals surface area (Å²) in [5, 5.41) is 9.49. The second kappa shape index (κ2) is 5.80. The Morgan fingerprint density at radius 2 is 1.93 bits per heavy atom. The highest BCUT2D eigenvalue weighted by Crippen LogP contribution is 1.99. The van der Waals surface area contributed by atoms with E-state index in [4.69, 9.17) is 9.39 Å². The summed E-state index contributed by atoms with van der Waals surface area (Å²) in [4.78, 5) is 0. The zero-order chi connectivity index (χ0) is 10.4. The third kappa shape index (κ3) is 3.14. The Morgan fingerprint density at radius 3 is 2.43 bits per heavy atom. The lowest BCUT2D eigenvalue weighted by Gasteiger charge is -2.06. The molecule has 0 saturated heterocycles. The van der Waals surface area contributed by atoms with E-state index in [0.717, 1.165) is 11.0 Å². The van der Waals surface area contributed by atoms with E-state index in [0.29, 0.717) is 13.2 Å². The van der Waals surface area contributed by atoms with Crippen LogP contribution in [0.3, 0.4) is 0 Å². The number of benzene rings is 1. The number of hydrogen-bond donors (Lipinski definition) is 1. The first kappa shape index (κ1) is 11.2. The van der Waals surface area contributed by atoms with E-state index >= 15 is 0 Å². The predicted octanol–water partition coefficient (Wildman–Crippen LogP) is 0.557. The molecule has 76 valence electrons. The maximum Gasteiger partial charge on any atom is 0.491 e. The molecule has 0 aliphatic rings. The molecule has 0 aliphatic carbocycles. The normalized spacial score (nSPS) is 10.2. The van der Waals surface area contributed by atoms with E-state index in [1.807, 2.05) is 31.2 Å². The summed E-state index contributed by atoms with van der Waals surface area (Å²) in [6.45, 7) is 2.94. The fourth-order valence-electron chi connectivity index (χ4n) is 1.20. The monoisotopic (exact) mass is 194 g/mol. The van der Waals surface area contributed by atoms with Crippen LogP contribution in [0.2, 0.25) is 0 Å². The van der Waals surface area contributed by atoms with Crippen LogP contribution in [0.25, 0.3) is 0 Å². The highest BCUT2D eigenvalue weighted by molar-refractivity contribution is 6.59. The molecule has 0 unspecified atom stereocenters. The molecule has 0 fully saturated rings. The van der Waals surface area contributed by atoms with Crippen LogP contribution in [0.5, 0.6) is 0 Å². The Morgan fingerprint density at radius 1 is 1.29 bits per heavy atom. The van der Waals surface area contributed by atoms with Gasteiger partial charge in [-0.3, -0.25) is 0 Å². The van der Waals surface area contributed by atoms with E-state index < -0.39 is 7.12 Å². The highest BCUT2D eigenvalue weighted by atomic mass is 16.5. The summed E-state index contributed by atoms with van der Waals surface area (Å²) in [6, 6.07) is 7.52. The van der Waals surface area contributed by atoms with Gasteiger partial charge in [0, 0.05) is 13.7 Å². The minimum absolute atomic E-state index is 0.501. The Hall–Kier alpha value is -0.835. The van der Waals surface area contributed by atoms with Crippen molar-refractivity contribution >= 4 is 12.6 Å². The largest absolute Gasteiger partial charge is 0.491 e. The van der Waals surface area contributed by atoms with Crippen LogP contribution in [0, 0.1) is 0 Å². The van der Waals surface area contributed by atoms with Gasteiger partial charge in [0.2, 0.25) is 0 Å². The molecule has 0 amide bonds. The lowest BCUT2D eigenvalue weighted by Crippen LogP contribution is -2.33. The van der Waals surface area contributed by atoms with Crippen LogP contribution in [0.15, 0.2) is 24.3 Å². The average Bonchev–Trinajstić information content (AvgIpc) is 2.20. The van der Waals surface area contributed by atoms with Crippen molar-refractivity contribution in [1.29, 1.82) is 0 Å². The molecule has 1 aromatic carbocycles. The van der Waals surface area contributed by atoms with Crippen molar-refractivity contribution in [1.82, 2.24) is 0 Å². The van der Waals surface area contributed by atoms with E-state index in [2.05, 4.69) is 0 Å². The predicted molar refractivity (Wildman–Crippen MR) is 56.4 cm³/mol. The molecule has 0 radical (unpaired) electrons. The summed E-state index contributed by atoms with van der Waals surface area (Å²) in [5.74, 6) is 0. The molecular formula is C10H15BO3. The van der Waals surface area contributed by atoms with Crippen LogP contribution in [-0.2, 0) is 16.0 Å². The maximum absolute atomic E-state index is 9.49. The Kier molecular flexibility index (Phi) is 4.66. The van der Waals surface area contributed by atoms with E-state index in [-0.39, 0.29) is 0 Å². The molecule has 3 nitrogen and oxygen atoms in total. The molecule has 1 aromatic rings. The van der Waals surface area contributed by atoms with Crippen molar-refractivity contribution in [3.8, 4) is 0 Å². The SMILES string of the molecule is CCOB(O)c1ccc(COC)cc1. The van der Waals surface area contributed by atoms with Gasteiger partial charge in [0.1, 0.15) is 0 Å². The summed E-state index contributed by atoms with van der Waals surface area (Å²) < 4.78 is 10.0. The number of hydrogen-bond acceptors (Lipinski definition) is 3. The van der Waals surface area contributed by atoms with Crippen molar-refractivity contribution in [2.45, 2.75) is 13.5 Å². The second-order valence-electron chi connectivity index (χ2n) is 2.98. The molecule has 4 heteroatoms. The quantitative estimate of drug-likeness (QED) is 0.696. The van der Waals surface area contributed by atoms with Crippen molar-refractivity contribution in [3.05, 3.63) is 29.8 Å². The maximum atomic E-state index is 9.49. The standard InChI is InChI=1S/C10H15BO3/c1-3-14-11(12)10-6-4-9(5-7-10)8-13-2/h4-7,12H,3,8H2,1-2H3. The molecule has 1 N–H and O–H groups in total. The Bertz CT molecular complexity index is 261. The van der Waals surface area contributed by atoms with Crippen molar-refractivity contribution in [2.75, 3.05) is 13.7 Å². The van der Waals surface area contributed by atoms with Crippen LogP contribution >= 0.6 is 0 Å². The van der Waals surface area contributed by atoms with E-state index in [9.17, 15) is 5.02 Å². The van der Waals surface area contributed by atoms with Gasteiger partial charge in [0.25, 0.3) is 0 Å². The topological polar surface area (TPSA) is 38.7 Å². The molecular weight excluding hydrogens is 179 g/mol. The zero-order valence-corrected chi connectivity index (χ0v) is 8.56. The van der Waals surface area contributed by atoms with Gasteiger partial charge in [-0.05, 0) is 17.9 Å². The molecule has 0 atom stereocenters. The van der Waals surface area contributed by atoms with Crippen LogP contribution in [0.1, 0.15) is 12.5 Å². The first-order chi connectivity index (χ1) is 6.77. The molecule has 0 heterocycles. The van der Waals surface area contributed by atoms with Crippen molar-refractivity contribution in [2.24, 2.45) is 0 Å². The lowest BCUT2D eigenvalue weighted by molar-refractivity contribution is 0.185. The fourth-order valence-corrected chi connectivity index (χ4v) is 1.20. The number of rotatable bonds is 5. The smallest absolute Gasteiger partial charge is 0.423 e. The van der Waals surface area contributed by atoms with Gasteiger partial charge in [-0.15, -0.1) is 0 Å². The van der Waals surface area contributed by atoms with Gasteiger partial charge in [-0.25, -0.2) is 0 Å². The minimum atomic E-state index is -0.823. The summed E-state index contributed by atoms with van der Waals surface area (Å²) in [5.41, 5.74) is 1.85. The van der Waals surface area contributed by atoms with Crippen molar-refractivity contribution < 1.29 is 14.4 Å². The lowest BCUT2D eigenvalue weighted by atomic mass is 9.79. The molecule has 0 saturated carbocycles. The average molecular weight is 194 g/mol. The van der Waals surface area contributed by atoms with Gasteiger partial charge >= 0.3 is 7.12 Å². The van der Waals surface area contributed by atoms with Crippen molar-refractivity contribution in [3.63, 3.8) is 0 Å². The first-order valence-electron chi connectivity index (χ1n) is 4.65. The van der Waals surface area contributed by atoms with Gasteiger partial charge in [-0.1, -0.05) is 24.3 Å². The summed E-state index contributed by atoms with van der Waals surface area (Å²) >= 11 is 0. The Balaban J connectivity index is 2.62. The minimum Gasteiger partial charge on any atom is -0.423 e. The molecule has 0 aliphatic heterocycles. The third-order valence-electron chi connectivity index (χ3n) is 1.90. The van der Waals surface area contributed by atoms with Gasteiger partial charge < -0.3 is 14.4 Å². The second-order valence-corrected chi connectivity index (χ2v) is 2.98. The highest BCUT2D eigenvalue weighted by Gasteiger charge is 2.14. The van der Waals surface area contributed by atoms with Crippen LogP contribution in [-0.4, -0.2) is 25.9 Å². The molecule has 0 bridgehead atoms. The van der Waals surface area contributed by atoms with Gasteiger partial charge in [-0.2, -0.15) is 0 Å². The number of ether oxygens (including phenoxy) is 1. The van der Waals surface area contributed by atoms with Crippen LogP contribution in [0.4, 0.5) is 0 Å². The van der Waals surface area contributed by atoms with E-state index in [1.165, 1.54) is 0 Å². The fraction of sp³-hybridized carbons (Fsp3) is 0.400. The Labute approximate surface area is 84.8 Å². The van der Waals surface area contributed by atoms with E-state index in [1.54, 1.807) is 7.11 Å². The molecule has 14 heavy (non-hydrogen) atoms. The molecule has 0 aromatic heterocycles. The van der Waals surface area contributed by atoms with Gasteiger partial charge in [0.15, 0.2) is 0 Å². The molecule has 1 rings (SSSR count). The zero-order valence-electron chi connectivity index (χ0n) is 8.56. The molecule has 0 spiro atoms. The summed E-state index contributed by atoms with van der Waals surface area (Å²) in [7, 11) is 0.833. The number of methoxy groups -OCH3 is 1. The first-order valence-corrected chi connectivity index (χ1v) is 4.65. The summed E-state index contributed by atoms with van der Waals surface area (Å²) in [6.07, 6.45) is 0. The van der Waals surface area contributed by atoms with Gasteiger partial charge in [0.05, 0.1) is 6.61 Å². The van der Waals surface area contributed by atoms with Crippen LogP contribution < -0.4 is 5.46 Å². The third-order valence-corrected chi connectivity index (χ3v) is 1.90.